The van der Waals surface area contributed by atoms with Crippen LogP contribution in [0.4, 0.5) is 0 Å². The molecule has 2 aromatic carbocycles. The standard InChI is InChI=1S/C24H26ClN3O/c1-4-17-5-7-18(8-6-17)22-15-20(24(29)28-13-11-27(3)12-14-28)19-9-10-21(25)16(2)23(19)26-22/h5-10,15H,4,11-14H2,1-3H3. The van der Waals surface area contributed by atoms with Crippen LogP contribution in [0.15, 0.2) is 42.5 Å². The summed E-state index contributed by atoms with van der Waals surface area (Å²) in [7, 11) is 2.09. The summed E-state index contributed by atoms with van der Waals surface area (Å²) < 4.78 is 0. The van der Waals surface area contributed by atoms with Crippen LogP contribution < -0.4 is 0 Å². The van der Waals surface area contributed by atoms with Gasteiger partial charge in [0.05, 0.1) is 16.8 Å². The zero-order valence-corrected chi connectivity index (χ0v) is 18.0. The molecule has 0 atom stereocenters. The molecule has 3 aromatic rings. The van der Waals surface area contributed by atoms with Crippen molar-refractivity contribution in [3.63, 3.8) is 0 Å². The number of pyridine rings is 1. The minimum atomic E-state index is 0.0682. The number of rotatable bonds is 3. The SMILES string of the molecule is CCc1ccc(-c2cc(C(=O)N3CCN(C)CC3)c3ccc(Cl)c(C)c3n2)cc1. The first-order valence-corrected chi connectivity index (χ1v) is 10.5. The number of aromatic nitrogens is 1. The van der Waals surface area contributed by atoms with E-state index >= 15 is 0 Å². The number of carbonyl (C=O) groups excluding carboxylic acids is 1. The molecule has 0 N–H and O–H groups in total. The predicted octanol–water partition coefficient (Wildman–Crippen LogP) is 4.81. The van der Waals surface area contributed by atoms with Crippen molar-refractivity contribution in [3.8, 4) is 11.3 Å². The number of aryl methyl sites for hydroxylation is 2. The number of likely N-dealkylation sites (N-methyl/N-ethyl adjacent to an activating group) is 1. The van der Waals surface area contributed by atoms with Crippen LogP contribution in [-0.2, 0) is 6.42 Å². The lowest BCUT2D eigenvalue weighted by atomic mass is 10.00. The van der Waals surface area contributed by atoms with E-state index in [0.717, 1.165) is 60.3 Å². The first-order valence-electron chi connectivity index (χ1n) is 10.1. The number of carbonyl (C=O) groups is 1. The highest BCUT2D eigenvalue weighted by Crippen LogP contribution is 2.31. The van der Waals surface area contributed by atoms with Crippen molar-refractivity contribution < 1.29 is 4.79 Å². The molecule has 0 aliphatic carbocycles. The second-order valence-corrected chi connectivity index (χ2v) is 8.18. The summed E-state index contributed by atoms with van der Waals surface area (Å²) in [6, 6.07) is 14.1. The lowest BCUT2D eigenvalue weighted by molar-refractivity contribution is 0.0666. The first-order chi connectivity index (χ1) is 14.0. The molecule has 1 amide bonds. The van der Waals surface area contributed by atoms with Crippen LogP contribution in [0, 0.1) is 6.92 Å². The molecule has 29 heavy (non-hydrogen) atoms. The fourth-order valence-electron chi connectivity index (χ4n) is 3.82. The summed E-state index contributed by atoms with van der Waals surface area (Å²) in [4.78, 5) is 22.5. The van der Waals surface area contributed by atoms with Crippen LogP contribution in [0.2, 0.25) is 5.02 Å². The number of amides is 1. The Labute approximate surface area is 177 Å². The fourth-order valence-corrected chi connectivity index (χ4v) is 3.97. The Morgan fingerprint density at radius 3 is 2.41 bits per heavy atom. The molecule has 0 saturated carbocycles. The zero-order chi connectivity index (χ0) is 20.5. The van der Waals surface area contributed by atoms with Crippen LogP contribution >= 0.6 is 11.6 Å². The number of benzene rings is 2. The molecule has 1 aromatic heterocycles. The van der Waals surface area contributed by atoms with E-state index in [2.05, 4.69) is 43.1 Å². The van der Waals surface area contributed by atoms with Gasteiger partial charge in [-0.05, 0) is 43.7 Å². The van der Waals surface area contributed by atoms with Crippen LogP contribution in [0.1, 0.15) is 28.4 Å². The molecular weight excluding hydrogens is 382 g/mol. The van der Waals surface area contributed by atoms with Crippen molar-refractivity contribution >= 4 is 28.4 Å². The molecule has 0 unspecified atom stereocenters. The van der Waals surface area contributed by atoms with E-state index < -0.39 is 0 Å². The molecule has 4 rings (SSSR count). The molecule has 150 valence electrons. The van der Waals surface area contributed by atoms with Gasteiger partial charge in [-0.3, -0.25) is 4.79 Å². The van der Waals surface area contributed by atoms with Gasteiger partial charge in [-0.25, -0.2) is 4.98 Å². The molecule has 4 nitrogen and oxygen atoms in total. The van der Waals surface area contributed by atoms with Gasteiger partial charge in [-0.1, -0.05) is 48.9 Å². The Balaban J connectivity index is 1.85. The topological polar surface area (TPSA) is 36.4 Å². The quantitative estimate of drug-likeness (QED) is 0.624. The predicted molar refractivity (Wildman–Crippen MR) is 120 cm³/mol. The zero-order valence-electron chi connectivity index (χ0n) is 17.2. The van der Waals surface area contributed by atoms with Gasteiger partial charge in [0.25, 0.3) is 5.91 Å². The molecule has 5 heteroatoms. The molecule has 1 aliphatic rings. The van der Waals surface area contributed by atoms with Crippen molar-refractivity contribution in [1.82, 2.24) is 14.8 Å². The number of hydrogen-bond donors (Lipinski definition) is 0. The molecule has 1 saturated heterocycles. The van der Waals surface area contributed by atoms with Crippen molar-refractivity contribution in [2.45, 2.75) is 20.3 Å². The van der Waals surface area contributed by atoms with Gasteiger partial charge < -0.3 is 9.80 Å². The lowest BCUT2D eigenvalue weighted by Crippen LogP contribution is -2.47. The third-order valence-corrected chi connectivity index (χ3v) is 6.26. The van der Waals surface area contributed by atoms with Gasteiger partial charge in [0.15, 0.2) is 0 Å². The fraction of sp³-hybridized carbons (Fsp3) is 0.333. The van der Waals surface area contributed by atoms with Gasteiger partial charge >= 0.3 is 0 Å². The third-order valence-electron chi connectivity index (χ3n) is 5.85. The first kappa shape index (κ1) is 19.9. The van der Waals surface area contributed by atoms with Gasteiger partial charge in [0, 0.05) is 42.2 Å². The summed E-state index contributed by atoms with van der Waals surface area (Å²) in [5.41, 5.74) is 5.51. The number of halogens is 1. The maximum atomic E-state index is 13.4. The molecule has 0 bridgehead atoms. The van der Waals surface area contributed by atoms with Gasteiger partial charge in [-0.15, -0.1) is 0 Å². The highest BCUT2D eigenvalue weighted by Gasteiger charge is 2.23. The Kier molecular flexibility index (Phi) is 5.57. The highest BCUT2D eigenvalue weighted by molar-refractivity contribution is 6.32. The van der Waals surface area contributed by atoms with E-state index in [4.69, 9.17) is 16.6 Å². The minimum absolute atomic E-state index is 0.0682. The number of hydrogen-bond acceptors (Lipinski definition) is 3. The lowest BCUT2D eigenvalue weighted by Gasteiger charge is -2.32. The van der Waals surface area contributed by atoms with Crippen molar-refractivity contribution in [1.29, 1.82) is 0 Å². The number of fused-ring (bicyclic) bond motifs is 1. The smallest absolute Gasteiger partial charge is 0.254 e. The van der Waals surface area contributed by atoms with E-state index in [0.29, 0.717) is 10.6 Å². The van der Waals surface area contributed by atoms with Crippen molar-refractivity contribution in [3.05, 3.63) is 64.2 Å². The van der Waals surface area contributed by atoms with Crippen molar-refractivity contribution in [2.75, 3.05) is 33.2 Å². The van der Waals surface area contributed by atoms with E-state index in [-0.39, 0.29) is 5.91 Å². The summed E-state index contributed by atoms with van der Waals surface area (Å²) >= 11 is 6.38. The van der Waals surface area contributed by atoms with E-state index in [1.165, 1.54) is 5.56 Å². The molecule has 1 aliphatic heterocycles. The highest BCUT2D eigenvalue weighted by atomic mass is 35.5. The van der Waals surface area contributed by atoms with Crippen LogP contribution in [-0.4, -0.2) is 53.9 Å². The second kappa shape index (κ2) is 8.13. The summed E-state index contributed by atoms with van der Waals surface area (Å²) in [6.07, 6.45) is 0.993. The monoisotopic (exact) mass is 407 g/mol. The normalized spacial score (nSPS) is 15.1. The Hall–Kier alpha value is -2.43. The molecule has 2 heterocycles. The third kappa shape index (κ3) is 3.87. The van der Waals surface area contributed by atoms with Gasteiger partial charge in [0.1, 0.15) is 0 Å². The van der Waals surface area contributed by atoms with Crippen LogP contribution in [0.3, 0.4) is 0 Å². The van der Waals surface area contributed by atoms with Gasteiger partial charge in [-0.2, -0.15) is 0 Å². The Morgan fingerprint density at radius 2 is 1.76 bits per heavy atom. The average molecular weight is 408 g/mol. The summed E-state index contributed by atoms with van der Waals surface area (Å²) in [5, 5.41) is 1.53. The van der Waals surface area contributed by atoms with Crippen LogP contribution in [0.5, 0.6) is 0 Å². The Morgan fingerprint density at radius 1 is 1.07 bits per heavy atom. The molecule has 0 spiro atoms. The van der Waals surface area contributed by atoms with E-state index in [9.17, 15) is 4.79 Å². The van der Waals surface area contributed by atoms with Gasteiger partial charge in [0.2, 0.25) is 0 Å². The Bertz CT molecular complexity index is 1050. The van der Waals surface area contributed by atoms with Crippen LogP contribution in [0.25, 0.3) is 22.2 Å². The molecular formula is C24H26ClN3O. The number of nitrogens with zero attached hydrogens (tertiary/aromatic N) is 3. The maximum absolute atomic E-state index is 13.4. The van der Waals surface area contributed by atoms with E-state index in [1.54, 1.807) is 0 Å². The molecule has 0 radical (unpaired) electrons. The minimum Gasteiger partial charge on any atom is -0.336 e. The number of piperazine rings is 1. The molecule has 1 fully saturated rings. The summed E-state index contributed by atoms with van der Waals surface area (Å²) in [6.45, 7) is 7.38. The largest absolute Gasteiger partial charge is 0.336 e. The maximum Gasteiger partial charge on any atom is 0.254 e. The van der Waals surface area contributed by atoms with Crippen molar-refractivity contribution in [2.24, 2.45) is 0 Å². The van der Waals surface area contributed by atoms with E-state index in [1.807, 2.05) is 30.0 Å². The average Bonchev–Trinajstić information content (AvgIpc) is 2.76. The summed E-state index contributed by atoms with van der Waals surface area (Å²) in [5.74, 6) is 0.0682. The second-order valence-electron chi connectivity index (χ2n) is 7.77.